The van der Waals surface area contributed by atoms with Gasteiger partial charge >= 0.3 is 0 Å². The molecule has 2 aromatic carbocycles. The van der Waals surface area contributed by atoms with Gasteiger partial charge in [0.2, 0.25) is 15.9 Å². The predicted octanol–water partition coefficient (Wildman–Crippen LogP) is 4.28. The molecule has 1 saturated heterocycles. The lowest BCUT2D eigenvalue weighted by Crippen LogP contribution is -2.41. The molecule has 4 rings (SSSR count). The Balaban J connectivity index is 1.38. The second kappa shape index (κ2) is 9.62. The van der Waals surface area contributed by atoms with E-state index < -0.39 is 10.0 Å². The van der Waals surface area contributed by atoms with Gasteiger partial charge in [-0.05, 0) is 30.5 Å². The third kappa shape index (κ3) is 4.83. The first-order valence-electron chi connectivity index (χ1n) is 10.2. The van der Waals surface area contributed by atoms with Gasteiger partial charge in [-0.2, -0.15) is 9.40 Å². The number of carbonyl (C=O) groups excluding carboxylic acids is 1. The maximum atomic E-state index is 13.0. The van der Waals surface area contributed by atoms with Crippen LogP contribution >= 0.6 is 23.2 Å². The zero-order valence-corrected chi connectivity index (χ0v) is 19.4. The molecule has 1 fully saturated rings. The summed E-state index contributed by atoms with van der Waals surface area (Å²) in [5.74, 6) is 0.175. The lowest BCUT2D eigenvalue weighted by Gasteiger charge is -2.30. The zero-order chi connectivity index (χ0) is 22.7. The van der Waals surface area contributed by atoms with Crippen molar-refractivity contribution in [1.82, 2.24) is 14.1 Å². The Morgan fingerprint density at radius 3 is 2.47 bits per heavy atom. The number of benzene rings is 2. The SMILES string of the molecule is O=C(Nc1ccnn1Cc1ccccc1)C1CCN(S(=O)(=O)c2cccc(Cl)c2Cl)CC1. The van der Waals surface area contributed by atoms with E-state index in [1.807, 2.05) is 30.3 Å². The van der Waals surface area contributed by atoms with Gasteiger partial charge in [0.15, 0.2) is 0 Å². The van der Waals surface area contributed by atoms with Crippen LogP contribution in [0.15, 0.2) is 65.7 Å². The maximum Gasteiger partial charge on any atom is 0.244 e. The Bertz CT molecular complexity index is 1210. The molecule has 10 heteroatoms. The van der Waals surface area contributed by atoms with Gasteiger partial charge in [-0.1, -0.05) is 59.6 Å². The molecule has 0 unspecified atom stereocenters. The topological polar surface area (TPSA) is 84.3 Å². The number of aromatic nitrogens is 2. The van der Waals surface area contributed by atoms with Crippen molar-refractivity contribution in [2.75, 3.05) is 18.4 Å². The molecule has 1 amide bonds. The van der Waals surface area contributed by atoms with Crippen molar-refractivity contribution in [1.29, 1.82) is 0 Å². The average Bonchev–Trinajstić information content (AvgIpc) is 3.22. The quantitative estimate of drug-likeness (QED) is 0.556. The highest BCUT2D eigenvalue weighted by molar-refractivity contribution is 7.89. The van der Waals surface area contributed by atoms with E-state index in [9.17, 15) is 13.2 Å². The van der Waals surface area contributed by atoms with E-state index in [1.165, 1.54) is 10.4 Å². The van der Waals surface area contributed by atoms with Crippen LogP contribution in [0.2, 0.25) is 10.0 Å². The van der Waals surface area contributed by atoms with Gasteiger partial charge in [0.25, 0.3) is 0 Å². The first-order valence-corrected chi connectivity index (χ1v) is 12.4. The summed E-state index contributed by atoms with van der Waals surface area (Å²) in [4.78, 5) is 12.8. The molecule has 0 atom stereocenters. The highest BCUT2D eigenvalue weighted by atomic mass is 35.5. The number of amides is 1. The van der Waals surface area contributed by atoms with Crippen LogP contribution in [0.25, 0.3) is 0 Å². The van der Waals surface area contributed by atoms with Gasteiger partial charge in [-0.3, -0.25) is 4.79 Å². The molecular weight excluding hydrogens is 471 g/mol. The second-order valence-electron chi connectivity index (χ2n) is 7.58. The monoisotopic (exact) mass is 492 g/mol. The Kier molecular flexibility index (Phi) is 6.85. The van der Waals surface area contributed by atoms with Gasteiger partial charge in [-0.25, -0.2) is 13.1 Å². The van der Waals surface area contributed by atoms with Crippen LogP contribution in [-0.4, -0.2) is 41.5 Å². The summed E-state index contributed by atoms with van der Waals surface area (Å²) in [6.45, 7) is 1.000. The number of rotatable bonds is 6. The molecule has 1 aliphatic rings. The van der Waals surface area contributed by atoms with Gasteiger partial charge in [0.1, 0.15) is 10.7 Å². The molecule has 0 saturated carbocycles. The molecular formula is C22H22Cl2N4O3S. The first-order chi connectivity index (χ1) is 15.4. The Morgan fingerprint density at radius 1 is 1.03 bits per heavy atom. The van der Waals surface area contributed by atoms with Gasteiger partial charge in [-0.15, -0.1) is 0 Å². The van der Waals surface area contributed by atoms with Crippen molar-refractivity contribution in [3.05, 3.63) is 76.4 Å². The molecule has 3 aromatic rings. The summed E-state index contributed by atoms with van der Waals surface area (Å²) in [7, 11) is -3.78. The predicted molar refractivity (Wildman–Crippen MR) is 124 cm³/mol. The van der Waals surface area contributed by atoms with Crippen LogP contribution in [0.3, 0.4) is 0 Å². The summed E-state index contributed by atoms with van der Waals surface area (Å²) >= 11 is 12.1. The number of hydrogen-bond acceptors (Lipinski definition) is 4. The number of anilines is 1. The molecule has 168 valence electrons. The normalized spacial score (nSPS) is 15.6. The fourth-order valence-corrected chi connectivity index (χ4v) is 5.94. The van der Waals surface area contributed by atoms with E-state index in [-0.39, 0.29) is 39.9 Å². The van der Waals surface area contributed by atoms with E-state index in [0.717, 1.165) is 5.56 Å². The number of piperidine rings is 1. The molecule has 0 radical (unpaired) electrons. The fourth-order valence-electron chi connectivity index (χ4n) is 3.73. The van der Waals surface area contributed by atoms with Crippen molar-refractivity contribution in [2.24, 2.45) is 5.92 Å². The van der Waals surface area contributed by atoms with Crippen LogP contribution in [-0.2, 0) is 21.4 Å². The summed E-state index contributed by atoms with van der Waals surface area (Å²) in [6, 6.07) is 16.1. The van der Waals surface area contributed by atoms with Crippen LogP contribution in [0.5, 0.6) is 0 Å². The molecule has 1 N–H and O–H groups in total. The van der Waals surface area contributed by atoms with Crippen molar-refractivity contribution in [3.8, 4) is 0 Å². The van der Waals surface area contributed by atoms with Gasteiger partial charge in [0.05, 0.1) is 22.8 Å². The van der Waals surface area contributed by atoms with E-state index >= 15 is 0 Å². The molecule has 2 heterocycles. The van der Waals surface area contributed by atoms with Crippen molar-refractivity contribution >= 4 is 45.0 Å². The van der Waals surface area contributed by atoms with Crippen LogP contribution in [0.1, 0.15) is 18.4 Å². The van der Waals surface area contributed by atoms with Gasteiger partial charge in [0, 0.05) is 25.1 Å². The highest BCUT2D eigenvalue weighted by Crippen LogP contribution is 2.32. The van der Waals surface area contributed by atoms with Gasteiger partial charge < -0.3 is 5.32 Å². The van der Waals surface area contributed by atoms with Crippen molar-refractivity contribution < 1.29 is 13.2 Å². The third-order valence-corrected chi connectivity index (χ3v) is 8.37. The summed E-state index contributed by atoms with van der Waals surface area (Å²) < 4.78 is 29.0. The summed E-state index contributed by atoms with van der Waals surface area (Å²) in [5.41, 5.74) is 1.07. The molecule has 32 heavy (non-hydrogen) atoms. The van der Waals surface area contributed by atoms with Crippen molar-refractivity contribution in [2.45, 2.75) is 24.3 Å². The number of halogens is 2. The standard InChI is InChI=1S/C22H22Cl2N4O3S/c23-18-7-4-8-19(21(18)24)32(30,31)27-13-10-17(11-14-27)22(29)26-20-9-12-25-28(20)15-16-5-2-1-3-6-16/h1-9,12,17H,10-11,13-15H2,(H,26,29). The molecule has 1 aromatic heterocycles. The minimum absolute atomic E-state index is 0.0145. The average molecular weight is 493 g/mol. The third-order valence-electron chi connectivity index (χ3n) is 5.50. The Morgan fingerprint density at radius 2 is 1.75 bits per heavy atom. The smallest absolute Gasteiger partial charge is 0.244 e. The lowest BCUT2D eigenvalue weighted by molar-refractivity contribution is -0.121. The van der Waals surface area contributed by atoms with Crippen LogP contribution < -0.4 is 5.32 Å². The van der Waals surface area contributed by atoms with Crippen molar-refractivity contribution in [3.63, 3.8) is 0 Å². The summed E-state index contributed by atoms with van der Waals surface area (Å²) in [5, 5.41) is 7.43. The maximum absolute atomic E-state index is 13.0. The van der Waals surface area contributed by atoms with E-state index in [2.05, 4.69) is 10.4 Å². The van der Waals surface area contributed by atoms with E-state index in [4.69, 9.17) is 23.2 Å². The number of nitrogens with zero attached hydrogens (tertiary/aromatic N) is 3. The fraction of sp³-hybridized carbons (Fsp3) is 0.273. The largest absolute Gasteiger partial charge is 0.311 e. The Hall–Kier alpha value is -2.39. The lowest BCUT2D eigenvalue weighted by atomic mass is 9.97. The Labute approximate surface area is 197 Å². The molecule has 0 spiro atoms. The second-order valence-corrected chi connectivity index (χ2v) is 10.3. The minimum atomic E-state index is -3.78. The number of nitrogens with one attached hydrogen (secondary N) is 1. The number of carbonyl (C=O) groups is 1. The summed E-state index contributed by atoms with van der Waals surface area (Å²) in [6.07, 6.45) is 2.47. The van der Waals surface area contributed by atoms with Crippen LogP contribution in [0.4, 0.5) is 5.82 Å². The molecule has 0 bridgehead atoms. The highest BCUT2D eigenvalue weighted by Gasteiger charge is 2.33. The van der Waals surface area contributed by atoms with Crippen LogP contribution in [0, 0.1) is 5.92 Å². The van der Waals surface area contributed by atoms with E-state index in [1.54, 1.807) is 29.1 Å². The molecule has 0 aliphatic carbocycles. The van der Waals surface area contributed by atoms with E-state index in [0.29, 0.717) is 25.2 Å². The molecule has 7 nitrogen and oxygen atoms in total. The molecule has 1 aliphatic heterocycles. The number of sulfonamides is 1. The first kappa shape index (κ1) is 22.8. The number of hydrogen-bond donors (Lipinski definition) is 1. The minimum Gasteiger partial charge on any atom is -0.311 e. The zero-order valence-electron chi connectivity index (χ0n) is 17.1.